The lowest BCUT2D eigenvalue weighted by Gasteiger charge is -2.40. The Balaban J connectivity index is 1.83. The van der Waals surface area contributed by atoms with Crippen LogP contribution in [0.3, 0.4) is 0 Å². The summed E-state index contributed by atoms with van der Waals surface area (Å²) in [5.74, 6) is -0.660. The number of piperazine rings is 1. The van der Waals surface area contributed by atoms with Crippen LogP contribution in [0.1, 0.15) is 25.7 Å². The molecular weight excluding hydrogens is 360 g/mol. The Hall–Kier alpha value is -0.0500. The molecule has 3 nitrogen and oxygen atoms in total. The zero-order chi connectivity index (χ0) is 13.1. The Morgan fingerprint density at radius 1 is 1.17 bits per heavy atom. The molecule has 0 spiro atoms. The summed E-state index contributed by atoms with van der Waals surface area (Å²) in [6.07, 6.45) is -2.77. The van der Waals surface area contributed by atoms with Gasteiger partial charge in [0.25, 0.3) is 0 Å². The minimum Gasteiger partial charge on any atom is -0.333 e. The maximum absolute atomic E-state index is 13.0. The summed E-state index contributed by atoms with van der Waals surface area (Å²) in [6.45, 7) is 1.38. The molecule has 2 aliphatic heterocycles. The van der Waals surface area contributed by atoms with Crippen LogP contribution in [0, 0.1) is 5.41 Å². The van der Waals surface area contributed by atoms with Gasteiger partial charge < -0.3 is 4.90 Å². The van der Waals surface area contributed by atoms with Gasteiger partial charge >= 0.3 is 6.18 Å². The van der Waals surface area contributed by atoms with Crippen LogP contribution < -0.4 is 0 Å². The van der Waals surface area contributed by atoms with Gasteiger partial charge in [-0.15, -0.1) is 0 Å². The normalized spacial score (nSPS) is 34.8. The summed E-state index contributed by atoms with van der Waals surface area (Å²) >= 11 is 2.19. The number of amides is 1. The molecule has 1 aliphatic carbocycles. The van der Waals surface area contributed by atoms with Gasteiger partial charge in [-0.3, -0.25) is 4.79 Å². The van der Waals surface area contributed by atoms with E-state index in [1.165, 1.54) is 0 Å². The van der Waals surface area contributed by atoms with Crippen LogP contribution in [-0.2, 0) is 4.79 Å². The second kappa shape index (κ2) is 3.97. The fraction of sp³-hybridized carbons (Fsp3) is 0.909. The number of hydrogen-bond acceptors (Lipinski definition) is 2. The predicted molar refractivity (Wildman–Crippen MR) is 67.0 cm³/mol. The van der Waals surface area contributed by atoms with Gasteiger partial charge in [0.05, 0.1) is 0 Å². The molecule has 3 fully saturated rings. The summed E-state index contributed by atoms with van der Waals surface area (Å²) in [5, 5.41) is 0. The Morgan fingerprint density at radius 2 is 1.67 bits per heavy atom. The third-order valence-corrected chi connectivity index (χ3v) is 5.16. The largest absolute Gasteiger partial charge is 0.403 e. The summed E-state index contributed by atoms with van der Waals surface area (Å²) in [6, 6.07) is -0.0408. The summed E-state index contributed by atoms with van der Waals surface area (Å²) in [4.78, 5) is 13.8. The van der Waals surface area contributed by atoms with Crippen LogP contribution in [0.5, 0.6) is 0 Å². The zero-order valence-electron chi connectivity index (χ0n) is 9.71. The van der Waals surface area contributed by atoms with E-state index in [4.69, 9.17) is 0 Å². The van der Waals surface area contributed by atoms with Gasteiger partial charge in [0.2, 0.25) is 5.91 Å². The first kappa shape index (κ1) is 13.0. The van der Waals surface area contributed by atoms with E-state index < -0.39 is 17.5 Å². The molecule has 1 amide bonds. The molecule has 2 saturated heterocycles. The Bertz CT molecular complexity index is 369. The van der Waals surface area contributed by atoms with Crippen molar-refractivity contribution in [3.8, 4) is 0 Å². The molecule has 0 N–H and O–H groups in total. The quantitative estimate of drug-likeness (QED) is 0.520. The molecule has 2 heterocycles. The van der Waals surface area contributed by atoms with Gasteiger partial charge in [-0.25, -0.2) is 3.11 Å². The summed E-state index contributed by atoms with van der Waals surface area (Å²) < 4.78 is 41.1. The van der Waals surface area contributed by atoms with E-state index in [0.717, 1.165) is 12.8 Å². The standard InChI is InChI=1S/C11H14F3IN2O/c12-11(13,14)10(3-4-10)9(18)17-7-1-2-8(17)6-16(15)5-7/h7-8H,1-6H2. The average molecular weight is 374 g/mol. The van der Waals surface area contributed by atoms with Crippen molar-refractivity contribution in [2.45, 2.75) is 43.9 Å². The highest BCUT2D eigenvalue weighted by molar-refractivity contribution is 14.1. The molecule has 7 heteroatoms. The zero-order valence-corrected chi connectivity index (χ0v) is 11.9. The molecule has 0 aromatic heterocycles. The molecule has 102 valence electrons. The SMILES string of the molecule is O=C(N1C2CCC1CN(I)C2)C1(C(F)(F)F)CC1. The van der Waals surface area contributed by atoms with Gasteiger partial charge in [0.15, 0.2) is 0 Å². The van der Waals surface area contributed by atoms with E-state index in [1.54, 1.807) is 4.90 Å². The highest BCUT2D eigenvalue weighted by atomic mass is 127. The van der Waals surface area contributed by atoms with Crippen LogP contribution in [0.4, 0.5) is 13.2 Å². The fourth-order valence-corrected chi connectivity index (χ4v) is 4.08. The van der Waals surface area contributed by atoms with Crippen molar-refractivity contribution >= 4 is 28.8 Å². The van der Waals surface area contributed by atoms with E-state index in [0.29, 0.717) is 13.1 Å². The molecule has 2 bridgehead atoms. The Labute approximate surface area is 117 Å². The van der Waals surface area contributed by atoms with Crippen molar-refractivity contribution < 1.29 is 18.0 Å². The first-order valence-electron chi connectivity index (χ1n) is 6.15. The molecule has 0 aromatic carbocycles. The van der Waals surface area contributed by atoms with Crippen LogP contribution in [-0.4, -0.2) is 45.3 Å². The number of carbonyl (C=O) groups excluding carboxylic acids is 1. The molecule has 3 aliphatic rings. The minimum atomic E-state index is -4.38. The van der Waals surface area contributed by atoms with Crippen molar-refractivity contribution in [2.24, 2.45) is 5.41 Å². The maximum atomic E-state index is 13.0. The van der Waals surface area contributed by atoms with E-state index >= 15 is 0 Å². The molecule has 0 aromatic rings. The third kappa shape index (κ3) is 1.76. The first-order chi connectivity index (χ1) is 8.35. The Kier molecular flexibility index (Phi) is 2.86. The Morgan fingerprint density at radius 3 is 2.06 bits per heavy atom. The smallest absolute Gasteiger partial charge is 0.333 e. The lowest BCUT2D eigenvalue weighted by Crippen LogP contribution is -2.57. The van der Waals surface area contributed by atoms with E-state index in [1.807, 2.05) is 0 Å². The second-order valence-electron chi connectivity index (χ2n) is 5.51. The fourth-order valence-electron chi connectivity index (χ4n) is 3.17. The van der Waals surface area contributed by atoms with Gasteiger partial charge in [-0.2, -0.15) is 13.2 Å². The number of fused-ring (bicyclic) bond motifs is 2. The molecule has 2 atom stereocenters. The highest BCUT2D eigenvalue weighted by Crippen LogP contribution is 2.59. The molecule has 2 unspecified atom stereocenters. The maximum Gasteiger partial charge on any atom is 0.403 e. The highest BCUT2D eigenvalue weighted by Gasteiger charge is 2.70. The molecule has 3 rings (SSSR count). The minimum absolute atomic E-state index is 0.0204. The number of rotatable bonds is 1. The molecule has 1 saturated carbocycles. The monoisotopic (exact) mass is 374 g/mol. The number of alkyl halides is 3. The second-order valence-corrected chi connectivity index (χ2v) is 6.87. The lowest BCUT2D eigenvalue weighted by atomic mass is 10.0. The average Bonchev–Trinajstić information content (AvgIpc) is 3.00. The van der Waals surface area contributed by atoms with E-state index in [-0.39, 0.29) is 24.9 Å². The number of nitrogens with zero attached hydrogens (tertiary/aromatic N) is 2. The van der Waals surface area contributed by atoms with Crippen LogP contribution in [0.2, 0.25) is 0 Å². The van der Waals surface area contributed by atoms with E-state index in [2.05, 4.69) is 26.0 Å². The van der Waals surface area contributed by atoms with Crippen LogP contribution >= 0.6 is 22.9 Å². The van der Waals surface area contributed by atoms with Crippen LogP contribution in [0.15, 0.2) is 0 Å². The van der Waals surface area contributed by atoms with E-state index in [9.17, 15) is 18.0 Å². The van der Waals surface area contributed by atoms with Gasteiger partial charge in [0, 0.05) is 48.0 Å². The number of hydrogen-bond donors (Lipinski definition) is 0. The lowest BCUT2D eigenvalue weighted by molar-refractivity contribution is -0.200. The topological polar surface area (TPSA) is 23.6 Å². The molecule has 0 radical (unpaired) electrons. The number of halogens is 4. The molecular formula is C11H14F3IN2O. The van der Waals surface area contributed by atoms with Gasteiger partial charge in [0.1, 0.15) is 5.41 Å². The van der Waals surface area contributed by atoms with Crippen LogP contribution in [0.25, 0.3) is 0 Å². The summed E-state index contributed by atoms with van der Waals surface area (Å²) in [5.41, 5.74) is -2.04. The van der Waals surface area contributed by atoms with Gasteiger partial charge in [-0.1, -0.05) is 0 Å². The third-order valence-electron chi connectivity index (χ3n) is 4.37. The van der Waals surface area contributed by atoms with Gasteiger partial charge in [-0.05, 0) is 25.7 Å². The van der Waals surface area contributed by atoms with Crippen molar-refractivity contribution in [1.29, 1.82) is 0 Å². The first-order valence-corrected chi connectivity index (χ1v) is 7.12. The molecule has 18 heavy (non-hydrogen) atoms. The predicted octanol–water partition coefficient (Wildman–Crippen LogP) is 2.35. The van der Waals surface area contributed by atoms with Crippen molar-refractivity contribution in [3.05, 3.63) is 0 Å². The number of carbonyl (C=O) groups is 1. The van der Waals surface area contributed by atoms with Crippen molar-refractivity contribution in [3.63, 3.8) is 0 Å². The summed E-state index contributed by atoms with van der Waals surface area (Å²) in [7, 11) is 0. The van der Waals surface area contributed by atoms with Crippen molar-refractivity contribution in [2.75, 3.05) is 13.1 Å². The van der Waals surface area contributed by atoms with Crippen molar-refractivity contribution in [1.82, 2.24) is 8.01 Å².